The number of hydrogen-bond acceptors (Lipinski definition) is 7. The van der Waals surface area contributed by atoms with Gasteiger partial charge in [0.05, 0.1) is 27.0 Å². The van der Waals surface area contributed by atoms with E-state index in [0.29, 0.717) is 38.0 Å². The van der Waals surface area contributed by atoms with Gasteiger partial charge in [-0.25, -0.2) is 15.1 Å². The van der Waals surface area contributed by atoms with Crippen LogP contribution in [0.25, 0.3) is 27.0 Å². The second-order valence-corrected chi connectivity index (χ2v) is 8.30. The zero-order chi connectivity index (χ0) is 19.4. The van der Waals surface area contributed by atoms with Crippen LogP contribution in [0.1, 0.15) is 28.0 Å². The molecule has 4 heterocycles. The number of nitrogens with zero attached hydrogens (tertiary/aromatic N) is 4. The van der Waals surface area contributed by atoms with Gasteiger partial charge in [0.15, 0.2) is 10.9 Å². The number of benzene rings is 1. The number of Topliss-reactive ketones (excluding diaryl/α,β-unsaturated/α-hetero) is 1. The number of carbonyl (C=O) groups is 1. The van der Waals surface area contributed by atoms with E-state index in [1.54, 1.807) is 6.92 Å². The molecular formula is C18H14N6O2S2. The number of ketones is 1. The number of fused-ring (bicyclic) bond motifs is 4. The standard InChI is InChI=1S/C18H14N6O2S2/c1-8-13-15(26)20-12(21-16(13)28-14(8)9(2)25)7-27-18-23-22-17-19-10-5-3-4-6-11(10)24(17)18/h3-6H,7H2,1-2H3,(H,19,22)(H,20,21,26). The van der Waals surface area contributed by atoms with E-state index in [1.807, 2.05) is 28.7 Å². The molecule has 0 aliphatic carbocycles. The summed E-state index contributed by atoms with van der Waals surface area (Å²) in [6.07, 6.45) is 0. The average molecular weight is 410 g/mol. The first-order valence-electron chi connectivity index (χ1n) is 8.50. The Balaban J connectivity index is 1.52. The van der Waals surface area contributed by atoms with Crippen molar-refractivity contribution in [2.24, 2.45) is 0 Å². The molecular weight excluding hydrogens is 396 g/mol. The summed E-state index contributed by atoms with van der Waals surface area (Å²) in [5.74, 6) is 1.59. The summed E-state index contributed by atoms with van der Waals surface area (Å²) < 4.78 is 1.94. The molecule has 0 saturated carbocycles. The maximum atomic E-state index is 12.5. The van der Waals surface area contributed by atoms with Crippen LogP contribution >= 0.6 is 23.1 Å². The number of thioether (sulfide) groups is 1. The third kappa shape index (κ3) is 2.56. The normalized spacial score (nSPS) is 11.8. The SMILES string of the molecule is CC(=O)c1sc2nc(CSc3n[nH]c4nc5ccccc5n34)[nH]c(=O)c2c1C. The summed E-state index contributed by atoms with van der Waals surface area (Å²) in [6.45, 7) is 3.28. The third-order valence-corrected chi connectivity index (χ3v) is 6.75. The van der Waals surface area contributed by atoms with Crippen molar-refractivity contribution in [3.63, 3.8) is 0 Å². The Bertz CT molecular complexity index is 1440. The largest absolute Gasteiger partial charge is 0.309 e. The molecule has 8 nitrogen and oxygen atoms in total. The van der Waals surface area contributed by atoms with Crippen molar-refractivity contribution >= 4 is 55.9 Å². The minimum atomic E-state index is -0.220. The van der Waals surface area contributed by atoms with Gasteiger partial charge in [0.2, 0.25) is 5.78 Å². The van der Waals surface area contributed by atoms with E-state index < -0.39 is 0 Å². The molecule has 10 heteroatoms. The van der Waals surface area contributed by atoms with Gasteiger partial charge in [-0.3, -0.25) is 14.0 Å². The van der Waals surface area contributed by atoms with E-state index in [9.17, 15) is 9.59 Å². The minimum absolute atomic E-state index is 0.0540. The van der Waals surface area contributed by atoms with Gasteiger partial charge in [0.25, 0.3) is 5.56 Å². The number of aromatic amines is 2. The van der Waals surface area contributed by atoms with E-state index in [4.69, 9.17) is 0 Å². The van der Waals surface area contributed by atoms with Crippen molar-refractivity contribution in [1.82, 2.24) is 29.5 Å². The van der Waals surface area contributed by atoms with E-state index in [0.717, 1.165) is 16.2 Å². The number of H-pyrrole nitrogens is 2. The van der Waals surface area contributed by atoms with Crippen molar-refractivity contribution in [2.45, 2.75) is 24.8 Å². The van der Waals surface area contributed by atoms with Gasteiger partial charge in [-0.15, -0.1) is 16.4 Å². The highest BCUT2D eigenvalue weighted by atomic mass is 32.2. The Kier molecular flexibility index (Phi) is 3.84. The molecule has 0 atom stereocenters. The zero-order valence-corrected chi connectivity index (χ0v) is 16.6. The van der Waals surface area contributed by atoms with E-state index in [1.165, 1.54) is 30.0 Å². The summed E-state index contributed by atoms with van der Waals surface area (Å²) >= 11 is 2.71. The lowest BCUT2D eigenvalue weighted by molar-refractivity contribution is 0.102. The number of nitrogens with one attached hydrogen (secondary N) is 2. The van der Waals surface area contributed by atoms with Crippen LogP contribution in [0.15, 0.2) is 34.2 Å². The van der Waals surface area contributed by atoms with Gasteiger partial charge < -0.3 is 4.98 Å². The first-order chi connectivity index (χ1) is 13.5. The van der Waals surface area contributed by atoms with Crippen LogP contribution in [0.5, 0.6) is 0 Å². The predicted molar refractivity (Wildman–Crippen MR) is 109 cm³/mol. The number of hydrogen-bond donors (Lipinski definition) is 2. The van der Waals surface area contributed by atoms with Crippen LogP contribution in [-0.4, -0.2) is 35.3 Å². The van der Waals surface area contributed by atoms with Crippen molar-refractivity contribution in [3.8, 4) is 0 Å². The molecule has 0 amide bonds. The molecule has 4 aromatic heterocycles. The molecule has 2 N–H and O–H groups in total. The number of rotatable bonds is 4. The van der Waals surface area contributed by atoms with Crippen LogP contribution < -0.4 is 5.56 Å². The van der Waals surface area contributed by atoms with Gasteiger partial charge in [-0.1, -0.05) is 23.9 Å². The van der Waals surface area contributed by atoms with Crippen LogP contribution in [0.3, 0.4) is 0 Å². The van der Waals surface area contributed by atoms with Crippen molar-refractivity contribution in [1.29, 1.82) is 0 Å². The monoisotopic (exact) mass is 410 g/mol. The Morgan fingerprint density at radius 1 is 1.29 bits per heavy atom. The molecule has 28 heavy (non-hydrogen) atoms. The second-order valence-electron chi connectivity index (χ2n) is 6.36. The molecule has 0 radical (unpaired) electrons. The lowest BCUT2D eigenvalue weighted by atomic mass is 10.2. The number of aryl methyl sites for hydroxylation is 1. The predicted octanol–water partition coefficient (Wildman–Crippen LogP) is 3.31. The zero-order valence-electron chi connectivity index (χ0n) is 14.9. The van der Waals surface area contributed by atoms with Crippen molar-refractivity contribution in [2.75, 3.05) is 0 Å². The van der Waals surface area contributed by atoms with E-state index in [-0.39, 0.29) is 11.3 Å². The van der Waals surface area contributed by atoms with E-state index in [2.05, 4.69) is 25.1 Å². The summed E-state index contributed by atoms with van der Waals surface area (Å²) in [5.41, 5.74) is 2.32. The lowest BCUT2D eigenvalue weighted by Gasteiger charge is -2.01. The smallest absolute Gasteiger partial charge is 0.259 e. The van der Waals surface area contributed by atoms with Crippen LogP contribution in [0.4, 0.5) is 0 Å². The third-order valence-electron chi connectivity index (χ3n) is 4.51. The molecule has 140 valence electrons. The molecule has 0 fully saturated rings. The maximum absolute atomic E-state index is 12.5. The highest BCUT2D eigenvalue weighted by molar-refractivity contribution is 7.98. The molecule has 5 aromatic rings. The first kappa shape index (κ1) is 17.1. The van der Waals surface area contributed by atoms with Gasteiger partial charge >= 0.3 is 0 Å². The molecule has 0 unspecified atom stereocenters. The van der Waals surface area contributed by atoms with Crippen LogP contribution in [0.2, 0.25) is 0 Å². The van der Waals surface area contributed by atoms with Gasteiger partial charge in [-0.2, -0.15) is 0 Å². The second kappa shape index (κ2) is 6.28. The molecule has 0 saturated heterocycles. The summed E-state index contributed by atoms with van der Waals surface area (Å²) in [5, 5.41) is 8.48. The number of thiophene rings is 1. The summed E-state index contributed by atoms with van der Waals surface area (Å²) in [6, 6.07) is 7.83. The Labute approximate surface area is 166 Å². The fourth-order valence-corrected chi connectivity index (χ4v) is 5.19. The van der Waals surface area contributed by atoms with Crippen LogP contribution in [-0.2, 0) is 5.75 Å². The lowest BCUT2D eigenvalue weighted by Crippen LogP contribution is -2.11. The Morgan fingerprint density at radius 2 is 2.11 bits per heavy atom. The number of carbonyl (C=O) groups excluding carboxylic acids is 1. The molecule has 0 aliphatic rings. The van der Waals surface area contributed by atoms with Crippen molar-refractivity contribution < 1.29 is 4.79 Å². The number of imidazole rings is 1. The Hall–Kier alpha value is -2.98. The number of aromatic nitrogens is 6. The van der Waals surface area contributed by atoms with Gasteiger partial charge in [0, 0.05) is 0 Å². The fraction of sp³-hybridized carbons (Fsp3) is 0.167. The van der Waals surface area contributed by atoms with Crippen LogP contribution in [0, 0.1) is 6.92 Å². The minimum Gasteiger partial charge on any atom is -0.309 e. The quantitative estimate of drug-likeness (QED) is 0.348. The topological polar surface area (TPSA) is 109 Å². The first-order valence-corrected chi connectivity index (χ1v) is 10.3. The highest BCUT2D eigenvalue weighted by Crippen LogP contribution is 2.29. The molecule has 5 rings (SSSR count). The van der Waals surface area contributed by atoms with Gasteiger partial charge in [0.1, 0.15) is 10.7 Å². The fourth-order valence-electron chi connectivity index (χ4n) is 3.26. The molecule has 1 aromatic carbocycles. The molecule has 0 aliphatic heterocycles. The molecule has 0 bridgehead atoms. The Morgan fingerprint density at radius 3 is 2.93 bits per heavy atom. The number of para-hydroxylation sites is 2. The molecule has 0 spiro atoms. The summed E-state index contributed by atoms with van der Waals surface area (Å²) in [7, 11) is 0. The van der Waals surface area contributed by atoms with Gasteiger partial charge in [-0.05, 0) is 31.5 Å². The van der Waals surface area contributed by atoms with E-state index >= 15 is 0 Å². The summed E-state index contributed by atoms with van der Waals surface area (Å²) in [4.78, 5) is 37.3. The van der Waals surface area contributed by atoms with Crippen molar-refractivity contribution in [3.05, 3.63) is 50.9 Å². The average Bonchev–Trinajstić information content (AvgIpc) is 3.32. The highest BCUT2D eigenvalue weighted by Gasteiger charge is 2.18. The maximum Gasteiger partial charge on any atom is 0.259 e.